The Kier molecular flexibility index (Phi) is 4.81. The number of benzene rings is 2. The van der Waals surface area contributed by atoms with E-state index in [4.69, 9.17) is 0 Å². The molecule has 122 valence electrons. The molecule has 2 aromatic rings. The smallest absolute Gasteiger partial charge is 0.0921 e. The lowest BCUT2D eigenvalue weighted by Crippen LogP contribution is -2.44. The molecule has 0 radical (unpaired) electrons. The van der Waals surface area contributed by atoms with E-state index in [2.05, 4.69) is 24.0 Å². The van der Waals surface area contributed by atoms with Crippen molar-refractivity contribution in [3.05, 3.63) is 71.3 Å². The highest BCUT2D eigenvalue weighted by atomic mass is 16.3. The minimum absolute atomic E-state index is 0.471. The second kappa shape index (κ2) is 6.83. The molecule has 1 saturated heterocycles. The Hall–Kier alpha value is -1.68. The third-order valence-electron chi connectivity index (χ3n) is 4.85. The van der Waals surface area contributed by atoms with Gasteiger partial charge in [-0.25, -0.2) is 0 Å². The Balaban J connectivity index is 1.60. The van der Waals surface area contributed by atoms with E-state index in [-0.39, 0.29) is 0 Å². The highest BCUT2D eigenvalue weighted by Gasteiger charge is 2.34. The number of hydrogen-bond donors (Lipinski definition) is 2. The number of aryl methyl sites for hydroxylation is 1. The van der Waals surface area contributed by atoms with Gasteiger partial charge in [0, 0.05) is 19.6 Å². The molecule has 1 aliphatic rings. The van der Waals surface area contributed by atoms with Crippen LogP contribution in [0.15, 0.2) is 54.6 Å². The van der Waals surface area contributed by atoms with E-state index < -0.39 is 11.7 Å². The molecule has 0 aliphatic carbocycles. The molecular formula is C20H25NO2. The summed E-state index contributed by atoms with van der Waals surface area (Å²) in [6.45, 7) is 4.27. The van der Waals surface area contributed by atoms with Crippen LogP contribution in [0.1, 0.15) is 35.6 Å². The van der Waals surface area contributed by atoms with Crippen LogP contribution in [0, 0.1) is 6.92 Å². The highest BCUT2D eigenvalue weighted by molar-refractivity contribution is 5.28. The van der Waals surface area contributed by atoms with Crippen molar-refractivity contribution in [1.82, 2.24) is 4.90 Å². The number of rotatable bonds is 4. The molecule has 0 spiro atoms. The predicted molar refractivity (Wildman–Crippen MR) is 92.2 cm³/mol. The van der Waals surface area contributed by atoms with Crippen molar-refractivity contribution in [1.29, 1.82) is 0 Å². The average Bonchev–Trinajstić information content (AvgIpc) is 2.58. The van der Waals surface area contributed by atoms with Crippen LogP contribution in [0.2, 0.25) is 0 Å². The van der Waals surface area contributed by atoms with Crippen LogP contribution in [0.25, 0.3) is 0 Å². The molecule has 23 heavy (non-hydrogen) atoms. The number of aliphatic hydroxyl groups excluding tert-OH is 1. The molecule has 0 saturated carbocycles. The Morgan fingerprint density at radius 2 is 1.74 bits per heavy atom. The fraction of sp³-hybridized carbons (Fsp3) is 0.400. The van der Waals surface area contributed by atoms with Crippen molar-refractivity contribution in [3.63, 3.8) is 0 Å². The maximum absolute atomic E-state index is 10.9. The van der Waals surface area contributed by atoms with Crippen molar-refractivity contribution in [3.8, 4) is 0 Å². The molecule has 1 heterocycles. The Morgan fingerprint density at radius 1 is 1.04 bits per heavy atom. The molecule has 2 N–H and O–H groups in total. The summed E-state index contributed by atoms with van der Waals surface area (Å²) in [5.41, 5.74) is 2.41. The lowest BCUT2D eigenvalue weighted by Gasteiger charge is -2.39. The lowest BCUT2D eigenvalue weighted by molar-refractivity contribution is -0.0345. The van der Waals surface area contributed by atoms with Gasteiger partial charge in [0.2, 0.25) is 0 Å². The van der Waals surface area contributed by atoms with Gasteiger partial charge in [-0.15, -0.1) is 0 Å². The first kappa shape index (κ1) is 16.2. The van der Waals surface area contributed by atoms with Crippen LogP contribution >= 0.6 is 0 Å². The predicted octanol–water partition coefficient (Wildman–Crippen LogP) is 3.01. The summed E-state index contributed by atoms with van der Waals surface area (Å²) in [6.07, 6.45) is 0.942. The molecule has 2 aromatic carbocycles. The van der Waals surface area contributed by atoms with Crippen LogP contribution in [0.5, 0.6) is 0 Å². The van der Waals surface area contributed by atoms with Crippen LogP contribution in [0.3, 0.4) is 0 Å². The van der Waals surface area contributed by atoms with E-state index in [1.54, 1.807) is 0 Å². The summed E-state index contributed by atoms with van der Waals surface area (Å²) in [7, 11) is 0. The Morgan fingerprint density at radius 3 is 2.39 bits per heavy atom. The van der Waals surface area contributed by atoms with E-state index in [1.165, 1.54) is 5.56 Å². The zero-order chi connectivity index (χ0) is 16.3. The zero-order valence-electron chi connectivity index (χ0n) is 13.7. The van der Waals surface area contributed by atoms with E-state index in [1.807, 2.05) is 42.5 Å². The minimum Gasteiger partial charge on any atom is -0.387 e. The summed E-state index contributed by atoms with van der Waals surface area (Å²) >= 11 is 0. The van der Waals surface area contributed by atoms with Crippen LogP contribution in [-0.4, -0.2) is 34.7 Å². The number of nitrogens with zero attached hydrogens (tertiary/aromatic N) is 1. The molecular weight excluding hydrogens is 286 g/mol. The SMILES string of the molecule is Cc1cccc(C2(O)CCN(C[C@@H](O)c3ccccc3)CC2)c1. The van der Waals surface area contributed by atoms with E-state index in [9.17, 15) is 10.2 Å². The summed E-state index contributed by atoms with van der Waals surface area (Å²) in [5, 5.41) is 21.3. The maximum Gasteiger partial charge on any atom is 0.0921 e. The van der Waals surface area contributed by atoms with Crippen LogP contribution in [0.4, 0.5) is 0 Å². The molecule has 0 bridgehead atoms. The Bertz CT molecular complexity index is 633. The number of hydrogen-bond acceptors (Lipinski definition) is 3. The second-order valence-corrected chi connectivity index (χ2v) is 6.63. The first-order valence-corrected chi connectivity index (χ1v) is 8.32. The molecule has 3 heteroatoms. The molecule has 1 aliphatic heterocycles. The number of likely N-dealkylation sites (tertiary alicyclic amines) is 1. The largest absolute Gasteiger partial charge is 0.387 e. The topological polar surface area (TPSA) is 43.7 Å². The lowest BCUT2D eigenvalue weighted by atomic mass is 9.84. The molecule has 0 aromatic heterocycles. The summed E-state index contributed by atoms with van der Waals surface area (Å²) in [6, 6.07) is 17.9. The molecule has 0 unspecified atom stereocenters. The van der Waals surface area contributed by atoms with E-state index in [0.29, 0.717) is 19.4 Å². The van der Waals surface area contributed by atoms with Gasteiger partial charge < -0.3 is 15.1 Å². The number of piperidine rings is 1. The second-order valence-electron chi connectivity index (χ2n) is 6.63. The van der Waals surface area contributed by atoms with Crippen molar-refractivity contribution in [2.45, 2.75) is 31.5 Å². The minimum atomic E-state index is -0.736. The summed E-state index contributed by atoms with van der Waals surface area (Å²) in [4.78, 5) is 2.24. The summed E-state index contributed by atoms with van der Waals surface area (Å²) in [5.74, 6) is 0. The molecule has 3 nitrogen and oxygen atoms in total. The van der Waals surface area contributed by atoms with Gasteiger partial charge in [0.15, 0.2) is 0 Å². The first-order valence-electron chi connectivity index (χ1n) is 8.32. The molecule has 0 amide bonds. The molecule has 3 rings (SSSR count). The molecule has 1 fully saturated rings. The van der Waals surface area contributed by atoms with E-state index >= 15 is 0 Å². The zero-order valence-corrected chi connectivity index (χ0v) is 13.7. The van der Waals surface area contributed by atoms with Gasteiger partial charge >= 0.3 is 0 Å². The standard InChI is InChI=1S/C20H25NO2/c1-16-6-5-9-18(14-16)20(23)10-12-21(13-11-20)15-19(22)17-7-3-2-4-8-17/h2-9,14,19,22-23H,10-13,15H2,1H3/t19-/m1/s1. The van der Waals surface area contributed by atoms with Crippen molar-refractivity contribution in [2.24, 2.45) is 0 Å². The normalized spacial score (nSPS) is 19.4. The Labute approximate surface area is 138 Å². The third-order valence-corrected chi connectivity index (χ3v) is 4.85. The van der Waals surface area contributed by atoms with Crippen LogP contribution in [-0.2, 0) is 5.60 Å². The van der Waals surface area contributed by atoms with Gasteiger partial charge in [-0.05, 0) is 30.9 Å². The monoisotopic (exact) mass is 311 g/mol. The maximum atomic E-state index is 10.9. The van der Waals surface area contributed by atoms with Crippen molar-refractivity contribution >= 4 is 0 Å². The average molecular weight is 311 g/mol. The van der Waals surface area contributed by atoms with Gasteiger partial charge in [-0.3, -0.25) is 0 Å². The highest BCUT2D eigenvalue weighted by Crippen LogP contribution is 2.33. The van der Waals surface area contributed by atoms with Gasteiger partial charge in [0.1, 0.15) is 0 Å². The quantitative estimate of drug-likeness (QED) is 0.912. The third kappa shape index (κ3) is 3.81. The number of β-amino-alcohol motifs (C(OH)–C–C–N with tert-alkyl or cyclic N) is 1. The molecule has 1 atom stereocenters. The van der Waals surface area contributed by atoms with Crippen molar-refractivity contribution < 1.29 is 10.2 Å². The first-order chi connectivity index (χ1) is 11.1. The van der Waals surface area contributed by atoms with E-state index in [0.717, 1.165) is 24.2 Å². The van der Waals surface area contributed by atoms with Gasteiger partial charge in [0.25, 0.3) is 0 Å². The van der Waals surface area contributed by atoms with Gasteiger partial charge in [-0.1, -0.05) is 60.2 Å². The fourth-order valence-corrected chi connectivity index (χ4v) is 3.35. The summed E-state index contributed by atoms with van der Waals surface area (Å²) < 4.78 is 0. The van der Waals surface area contributed by atoms with Crippen molar-refractivity contribution in [2.75, 3.05) is 19.6 Å². The fourth-order valence-electron chi connectivity index (χ4n) is 3.35. The van der Waals surface area contributed by atoms with Gasteiger partial charge in [0.05, 0.1) is 11.7 Å². The van der Waals surface area contributed by atoms with Gasteiger partial charge in [-0.2, -0.15) is 0 Å². The number of aliphatic hydroxyl groups is 2. The van der Waals surface area contributed by atoms with Crippen LogP contribution < -0.4 is 0 Å².